The molecule has 2 aromatic rings. The highest BCUT2D eigenvalue weighted by molar-refractivity contribution is 7.12. The number of carbonyl (C=O) groups excluding carboxylic acids is 1. The zero-order valence-corrected chi connectivity index (χ0v) is 16.5. The summed E-state index contributed by atoms with van der Waals surface area (Å²) in [6.07, 6.45) is 2.48. The van der Waals surface area contributed by atoms with Crippen LogP contribution in [0.2, 0.25) is 0 Å². The molecule has 0 radical (unpaired) electrons. The van der Waals surface area contributed by atoms with E-state index in [9.17, 15) is 4.79 Å². The predicted octanol–water partition coefficient (Wildman–Crippen LogP) is 3.03. The van der Waals surface area contributed by atoms with E-state index in [4.69, 9.17) is 10.00 Å². The average molecular weight is 394 g/mol. The van der Waals surface area contributed by atoms with E-state index in [1.807, 2.05) is 35.7 Å². The summed E-state index contributed by atoms with van der Waals surface area (Å²) in [4.78, 5) is 15.6. The van der Waals surface area contributed by atoms with Crippen molar-refractivity contribution in [3.63, 3.8) is 0 Å². The monoisotopic (exact) mass is 393 g/mol. The Labute approximate surface area is 168 Å². The molecule has 4 heterocycles. The first kappa shape index (κ1) is 17.9. The maximum atomic E-state index is 12.3. The van der Waals surface area contributed by atoms with E-state index in [1.165, 1.54) is 16.9 Å². The molecule has 1 aromatic carbocycles. The maximum absolute atomic E-state index is 12.3. The van der Waals surface area contributed by atoms with Gasteiger partial charge in [-0.05, 0) is 42.0 Å². The molecule has 3 saturated heterocycles. The summed E-state index contributed by atoms with van der Waals surface area (Å²) in [5, 5.41) is 14.2. The fourth-order valence-corrected chi connectivity index (χ4v) is 6.02. The van der Waals surface area contributed by atoms with E-state index >= 15 is 0 Å². The van der Waals surface area contributed by atoms with Gasteiger partial charge in [-0.3, -0.25) is 9.69 Å². The van der Waals surface area contributed by atoms with Gasteiger partial charge in [-0.15, -0.1) is 11.3 Å². The van der Waals surface area contributed by atoms with E-state index in [0.29, 0.717) is 23.9 Å². The van der Waals surface area contributed by atoms with Gasteiger partial charge in [0.2, 0.25) is 0 Å². The fourth-order valence-electron chi connectivity index (χ4n) is 5.38. The molecule has 5 rings (SSSR count). The minimum absolute atomic E-state index is 0.0231. The Morgan fingerprint density at radius 3 is 3.14 bits per heavy atom. The van der Waals surface area contributed by atoms with Crippen LogP contribution in [0, 0.1) is 23.2 Å². The number of fused-ring (bicyclic) bond motifs is 1. The summed E-state index contributed by atoms with van der Waals surface area (Å²) < 4.78 is 6.49. The third-order valence-electron chi connectivity index (χ3n) is 6.56. The van der Waals surface area contributed by atoms with Gasteiger partial charge in [0.25, 0.3) is 5.91 Å². The molecule has 1 aromatic heterocycles. The standard InChI is InChI=1S/C22H23N3O2S/c23-10-15-3-1-4-16(9-15)12-25-13-18-17(19-6-7-22(18,14-25)27-19)11-24-21(26)20-5-2-8-28-20/h1-5,8-9,17-19H,6-7,11-14H2,(H,24,26)/t17-,18+,19+,22+/m0/s1. The van der Waals surface area contributed by atoms with Gasteiger partial charge in [0.05, 0.1) is 28.2 Å². The fraction of sp³-hybridized carbons (Fsp3) is 0.455. The Bertz CT molecular complexity index is 922. The van der Waals surface area contributed by atoms with Crippen molar-refractivity contribution < 1.29 is 9.53 Å². The number of amides is 1. The highest BCUT2D eigenvalue weighted by Gasteiger charge is 2.62. The van der Waals surface area contributed by atoms with Crippen LogP contribution in [0.3, 0.4) is 0 Å². The van der Waals surface area contributed by atoms with Crippen LogP contribution >= 0.6 is 11.3 Å². The molecule has 1 N–H and O–H groups in total. The van der Waals surface area contributed by atoms with Crippen LogP contribution in [0.1, 0.15) is 33.6 Å². The molecule has 2 bridgehead atoms. The van der Waals surface area contributed by atoms with Gasteiger partial charge in [-0.25, -0.2) is 0 Å². The van der Waals surface area contributed by atoms with Gasteiger partial charge < -0.3 is 10.1 Å². The predicted molar refractivity (Wildman–Crippen MR) is 107 cm³/mol. The van der Waals surface area contributed by atoms with Crippen LogP contribution in [-0.4, -0.2) is 42.1 Å². The number of nitrogens with zero attached hydrogens (tertiary/aromatic N) is 2. The average Bonchev–Trinajstić information content (AvgIpc) is 3.47. The molecule has 3 fully saturated rings. The smallest absolute Gasteiger partial charge is 0.261 e. The molecule has 1 spiro atoms. The van der Waals surface area contributed by atoms with Crippen LogP contribution in [-0.2, 0) is 11.3 Å². The molecular formula is C22H23N3O2S. The second kappa shape index (κ2) is 7.00. The van der Waals surface area contributed by atoms with Crippen molar-refractivity contribution in [2.24, 2.45) is 11.8 Å². The van der Waals surface area contributed by atoms with Crippen LogP contribution in [0.4, 0.5) is 0 Å². The first-order valence-corrected chi connectivity index (χ1v) is 10.8. The Morgan fingerprint density at radius 1 is 1.39 bits per heavy atom. The molecule has 3 aliphatic rings. The highest BCUT2D eigenvalue weighted by atomic mass is 32.1. The van der Waals surface area contributed by atoms with Crippen LogP contribution in [0.15, 0.2) is 41.8 Å². The molecule has 5 nitrogen and oxygen atoms in total. The van der Waals surface area contributed by atoms with Crippen LogP contribution in [0.25, 0.3) is 0 Å². The summed E-state index contributed by atoms with van der Waals surface area (Å²) in [6.45, 7) is 3.47. The molecule has 4 atom stereocenters. The highest BCUT2D eigenvalue weighted by Crippen LogP contribution is 2.54. The lowest BCUT2D eigenvalue weighted by molar-refractivity contribution is 0.00212. The summed E-state index contributed by atoms with van der Waals surface area (Å²) in [6, 6.07) is 13.9. The molecule has 3 aliphatic heterocycles. The van der Waals surface area contributed by atoms with E-state index in [0.717, 1.165) is 37.4 Å². The number of carbonyl (C=O) groups is 1. The van der Waals surface area contributed by atoms with Crippen molar-refractivity contribution in [2.45, 2.75) is 31.1 Å². The Hall–Kier alpha value is -2.20. The van der Waals surface area contributed by atoms with E-state index in [1.54, 1.807) is 0 Å². The SMILES string of the molecule is N#Cc1cccc(CN2C[C@@H]3[C@H](CNC(=O)c4cccs4)[C@H]4CC[C@]3(C2)O4)c1. The minimum Gasteiger partial charge on any atom is -0.370 e. The number of nitrogens with one attached hydrogen (secondary N) is 1. The summed E-state index contributed by atoms with van der Waals surface area (Å²) in [7, 11) is 0. The Morgan fingerprint density at radius 2 is 2.32 bits per heavy atom. The van der Waals surface area contributed by atoms with Crippen molar-refractivity contribution in [1.82, 2.24) is 10.2 Å². The first-order chi connectivity index (χ1) is 13.7. The van der Waals surface area contributed by atoms with E-state index in [2.05, 4.69) is 22.4 Å². The van der Waals surface area contributed by atoms with Crippen molar-refractivity contribution in [2.75, 3.05) is 19.6 Å². The van der Waals surface area contributed by atoms with Crippen molar-refractivity contribution in [3.8, 4) is 6.07 Å². The number of nitriles is 1. The van der Waals surface area contributed by atoms with Crippen molar-refractivity contribution >= 4 is 17.2 Å². The quantitative estimate of drug-likeness (QED) is 0.848. The number of ether oxygens (including phenoxy) is 1. The van der Waals surface area contributed by atoms with Crippen LogP contribution < -0.4 is 5.32 Å². The molecule has 1 amide bonds. The van der Waals surface area contributed by atoms with Gasteiger partial charge in [-0.1, -0.05) is 18.2 Å². The first-order valence-electron chi connectivity index (χ1n) is 9.88. The zero-order valence-electron chi connectivity index (χ0n) is 15.6. The third-order valence-corrected chi connectivity index (χ3v) is 7.43. The number of benzene rings is 1. The molecule has 0 unspecified atom stereocenters. The largest absolute Gasteiger partial charge is 0.370 e. The van der Waals surface area contributed by atoms with Crippen LogP contribution in [0.5, 0.6) is 0 Å². The lowest BCUT2D eigenvalue weighted by Gasteiger charge is -2.29. The minimum atomic E-state index is -0.0458. The van der Waals surface area contributed by atoms with Crippen molar-refractivity contribution in [1.29, 1.82) is 5.26 Å². The topological polar surface area (TPSA) is 65.4 Å². The van der Waals surface area contributed by atoms with Gasteiger partial charge >= 0.3 is 0 Å². The number of likely N-dealkylation sites (tertiary alicyclic amines) is 1. The van der Waals surface area contributed by atoms with Gasteiger partial charge in [0, 0.05) is 38.0 Å². The van der Waals surface area contributed by atoms with Gasteiger partial charge in [-0.2, -0.15) is 5.26 Å². The van der Waals surface area contributed by atoms with E-state index < -0.39 is 0 Å². The Balaban J connectivity index is 1.26. The second-order valence-electron chi connectivity index (χ2n) is 8.20. The maximum Gasteiger partial charge on any atom is 0.261 e. The second-order valence-corrected chi connectivity index (χ2v) is 9.15. The number of hydrogen-bond donors (Lipinski definition) is 1. The molecular weight excluding hydrogens is 370 g/mol. The molecule has 0 aliphatic carbocycles. The lowest BCUT2D eigenvalue weighted by Crippen LogP contribution is -2.41. The van der Waals surface area contributed by atoms with E-state index in [-0.39, 0.29) is 17.6 Å². The molecule has 0 saturated carbocycles. The molecule has 144 valence electrons. The number of rotatable bonds is 5. The molecule has 6 heteroatoms. The summed E-state index contributed by atoms with van der Waals surface area (Å²) in [5.41, 5.74) is 1.84. The number of thiophene rings is 1. The third kappa shape index (κ3) is 3.04. The zero-order chi connectivity index (χ0) is 19.1. The summed E-state index contributed by atoms with van der Waals surface area (Å²) >= 11 is 1.48. The van der Waals surface area contributed by atoms with Gasteiger partial charge in [0.15, 0.2) is 0 Å². The van der Waals surface area contributed by atoms with Gasteiger partial charge in [0.1, 0.15) is 0 Å². The number of hydrogen-bond acceptors (Lipinski definition) is 5. The summed E-state index contributed by atoms with van der Waals surface area (Å²) in [5.74, 6) is 0.872. The lowest BCUT2D eigenvalue weighted by atomic mass is 9.73. The molecule has 28 heavy (non-hydrogen) atoms. The van der Waals surface area contributed by atoms with Crippen molar-refractivity contribution in [3.05, 3.63) is 57.8 Å². The normalized spacial score (nSPS) is 30.9. The Kier molecular flexibility index (Phi) is 4.47.